The number of aliphatic imine (C=N–C) groups is 2. The summed E-state index contributed by atoms with van der Waals surface area (Å²) in [6.07, 6.45) is 3.60. The van der Waals surface area contributed by atoms with Crippen LogP contribution < -0.4 is 54.8 Å². The number of aromatic nitrogens is 1. The van der Waals surface area contributed by atoms with Crippen molar-refractivity contribution in [1.29, 1.82) is 0 Å². The first-order valence-corrected chi connectivity index (χ1v) is 22.0. The second-order valence-corrected chi connectivity index (χ2v) is 16.3. The highest BCUT2D eigenvalue weighted by atomic mass is 16.2. The van der Waals surface area contributed by atoms with Crippen LogP contribution in [0, 0.1) is 0 Å². The van der Waals surface area contributed by atoms with Crippen LogP contribution in [-0.2, 0) is 46.4 Å². The molecule has 0 spiro atoms. The van der Waals surface area contributed by atoms with Gasteiger partial charge in [0.25, 0.3) is 0 Å². The minimum Gasteiger partial charge on any atom is -0.370 e. The van der Waals surface area contributed by atoms with Crippen LogP contribution in [0.3, 0.4) is 0 Å². The smallest absolute Gasteiger partial charge is 0.245 e. The van der Waals surface area contributed by atoms with Crippen molar-refractivity contribution in [3.05, 3.63) is 71.9 Å². The van der Waals surface area contributed by atoms with Crippen molar-refractivity contribution in [2.75, 3.05) is 26.2 Å². The molecule has 5 rings (SSSR count). The predicted molar refractivity (Wildman–Crippen MR) is 244 cm³/mol. The third kappa shape index (κ3) is 14.7. The number of hydrogen-bond donors (Lipinski definition) is 11. The van der Waals surface area contributed by atoms with Crippen molar-refractivity contribution in [3.63, 3.8) is 0 Å². The van der Waals surface area contributed by atoms with E-state index >= 15 is 0 Å². The lowest BCUT2D eigenvalue weighted by Crippen LogP contribution is -2.60. The maximum atomic E-state index is 14.5. The molecule has 7 amide bonds. The zero-order valence-corrected chi connectivity index (χ0v) is 36.6. The minimum atomic E-state index is -1.22. The average molecular weight is 899 g/mol. The minimum absolute atomic E-state index is 0.0186. The molecule has 1 unspecified atom stereocenters. The number of para-hydroxylation sites is 1. The Morgan fingerprint density at radius 1 is 0.769 bits per heavy atom. The van der Waals surface area contributed by atoms with E-state index in [2.05, 4.69) is 46.9 Å². The third-order valence-corrected chi connectivity index (χ3v) is 11.3. The van der Waals surface area contributed by atoms with E-state index in [1.165, 1.54) is 11.8 Å². The van der Waals surface area contributed by atoms with Crippen molar-refractivity contribution in [2.24, 2.45) is 32.9 Å². The number of nitrogens with one attached hydrogen (secondary N) is 7. The molecule has 2 saturated heterocycles. The second-order valence-electron chi connectivity index (χ2n) is 16.3. The topological polar surface area (TPSA) is 339 Å². The molecule has 0 saturated carbocycles. The van der Waals surface area contributed by atoms with Crippen LogP contribution in [0.2, 0.25) is 0 Å². The fraction of sp³-hybridized carbons (Fsp3) is 0.477. The van der Waals surface area contributed by atoms with Crippen molar-refractivity contribution >= 4 is 64.2 Å². The molecule has 0 bridgehead atoms. The number of aromatic amines is 1. The molecule has 1 aromatic heterocycles. The Hall–Kier alpha value is -7.19. The lowest BCUT2D eigenvalue weighted by Gasteiger charge is -2.31. The Balaban J connectivity index is 1.48. The van der Waals surface area contributed by atoms with E-state index in [1.807, 2.05) is 54.6 Å². The SMILES string of the molecule is CC(=O)N[C@@H](Cc1ccccc1)C(=O)NC1CCCNC(=O)[C@H](CCCN=C(N)N)NC(=O)[C@H](Cc2c[nH]c3ccccc23)NC(=O)[C@@H](CCCN=C(N)N)NC(=O)[C@@H]2CCCN2C1=O. The molecule has 2 aliphatic heterocycles. The molecule has 21 heteroatoms. The summed E-state index contributed by atoms with van der Waals surface area (Å²) >= 11 is 0. The monoisotopic (exact) mass is 898 g/mol. The lowest BCUT2D eigenvalue weighted by atomic mass is 10.0. The summed E-state index contributed by atoms with van der Waals surface area (Å²) in [6, 6.07) is 9.80. The van der Waals surface area contributed by atoms with Crippen LogP contribution in [0.4, 0.5) is 0 Å². The molecule has 21 nitrogen and oxygen atoms in total. The highest BCUT2D eigenvalue weighted by molar-refractivity contribution is 5.98. The van der Waals surface area contributed by atoms with Crippen LogP contribution in [0.5, 0.6) is 0 Å². The fourth-order valence-electron chi connectivity index (χ4n) is 8.07. The molecule has 3 heterocycles. The van der Waals surface area contributed by atoms with Gasteiger partial charge in [0, 0.05) is 63.0 Å². The highest BCUT2D eigenvalue weighted by Crippen LogP contribution is 2.22. The van der Waals surface area contributed by atoms with Crippen molar-refractivity contribution in [3.8, 4) is 0 Å². The number of fused-ring (bicyclic) bond motifs is 2. The normalized spacial score (nSPS) is 21.6. The number of rotatable bonds is 15. The van der Waals surface area contributed by atoms with Crippen LogP contribution in [-0.4, -0.2) is 126 Å². The summed E-state index contributed by atoms with van der Waals surface area (Å²) in [5.74, 6) is -4.37. The maximum absolute atomic E-state index is 14.5. The number of carbonyl (C=O) groups excluding carboxylic acids is 7. The molecule has 2 aliphatic rings. The number of carbonyl (C=O) groups is 7. The van der Waals surface area contributed by atoms with Crippen molar-refractivity contribution < 1.29 is 33.6 Å². The van der Waals surface area contributed by atoms with Gasteiger partial charge in [0.2, 0.25) is 41.4 Å². The molecule has 0 aliphatic carbocycles. The lowest BCUT2D eigenvalue weighted by molar-refractivity contribution is -0.142. The number of hydrogen-bond acceptors (Lipinski definition) is 9. The summed E-state index contributed by atoms with van der Waals surface area (Å²) in [5, 5.41) is 17.7. The summed E-state index contributed by atoms with van der Waals surface area (Å²) in [6.45, 7) is 1.83. The van der Waals surface area contributed by atoms with Gasteiger partial charge in [0.15, 0.2) is 11.9 Å². The number of amides is 7. The predicted octanol–water partition coefficient (Wildman–Crippen LogP) is -1.59. The molecule has 2 aromatic carbocycles. The summed E-state index contributed by atoms with van der Waals surface area (Å²) in [5.41, 5.74) is 24.5. The van der Waals surface area contributed by atoms with Gasteiger partial charge >= 0.3 is 0 Å². The van der Waals surface area contributed by atoms with E-state index in [-0.39, 0.29) is 89.5 Å². The van der Waals surface area contributed by atoms with Crippen LogP contribution in [0.15, 0.2) is 70.8 Å². The Kier molecular flexibility index (Phi) is 18.1. The largest absolute Gasteiger partial charge is 0.370 e. The van der Waals surface area contributed by atoms with Crippen molar-refractivity contribution in [1.82, 2.24) is 41.8 Å². The van der Waals surface area contributed by atoms with Gasteiger partial charge in [-0.05, 0) is 68.6 Å². The quantitative estimate of drug-likeness (QED) is 0.0469. The Labute approximate surface area is 377 Å². The first-order valence-electron chi connectivity index (χ1n) is 22.0. The summed E-state index contributed by atoms with van der Waals surface area (Å²) in [4.78, 5) is 110. The molecular formula is C44H62N14O7. The molecule has 0 radical (unpaired) electrons. The molecule has 350 valence electrons. The molecule has 3 aromatic rings. The molecule has 6 atom stereocenters. The van der Waals surface area contributed by atoms with Gasteiger partial charge < -0.3 is 64.7 Å². The molecular weight excluding hydrogens is 837 g/mol. The van der Waals surface area contributed by atoms with Gasteiger partial charge in [-0.1, -0.05) is 48.5 Å². The highest BCUT2D eigenvalue weighted by Gasteiger charge is 2.40. The zero-order valence-electron chi connectivity index (χ0n) is 36.6. The van der Waals surface area contributed by atoms with E-state index < -0.39 is 77.6 Å². The second kappa shape index (κ2) is 24.0. The van der Waals surface area contributed by atoms with E-state index in [4.69, 9.17) is 22.9 Å². The number of H-pyrrole nitrogens is 1. The summed E-state index contributed by atoms with van der Waals surface area (Å²) < 4.78 is 0. The first kappa shape index (κ1) is 48.8. The van der Waals surface area contributed by atoms with Gasteiger partial charge in [0.1, 0.15) is 36.3 Å². The fourth-order valence-corrected chi connectivity index (χ4v) is 8.07. The Morgan fingerprint density at radius 3 is 2.06 bits per heavy atom. The van der Waals surface area contributed by atoms with Crippen LogP contribution >= 0.6 is 0 Å². The maximum Gasteiger partial charge on any atom is 0.245 e. The van der Waals surface area contributed by atoms with Crippen LogP contribution in [0.25, 0.3) is 10.9 Å². The van der Waals surface area contributed by atoms with E-state index in [0.717, 1.165) is 22.0 Å². The molecule has 65 heavy (non-hydrogen) atoms. The molecule has 2 fully saturated rings. The number of nitrogens with zero attached hydrogens (tertiary/aromatic N) is 3. The zero-order chi connectivity index (χ0) is 46.9. The van der Waals surface area contributed by atoms with Gasteiger partial charge in [-0.3, -0.25) is 43.5 Å². The Bertz CT molecular complexity index is 2200. The number of benzene rings is 2. The average Bonchev–Trinajstić information content (AvgIpc) is 3.93. The van der Waals surface area contributed by atoms with Gasteiger partial charge in [-0.25, -0.2) is 0 Å². The standard InChI is InChI=1S/C44H62N14O7/c1-26(59)53-34(23-27-11-3-2-4-12-27)39(62)56-33-17-9-19-49-37(60)31(15-7-20-50-43(45)46)54-40(63)35(24-28-25-52-30-14-6-5-13-29(28)30)57-38(61)32(16-8-21-51-44(47)48)55-41(64)36-18-10-22-58(36)42(33)65/h2-6,11-14,25,31-36,52H,7-10,15-24H2,1H3,(H,49,60)(H,53,59)(H,54,63)(H,55,64)(H,56,62)(H,57,61)(H4,45,46,50)(H4,47,48,51)/t31-,32+,33?,34-,35-,36-/m0/s1. The van der Waals surface area contributed by atoms with E-state index in [0.29, 0.717) is 12.8 Å². The molecule has 15 N–H and O–H groups in total. The van der Waals surface area contributed by atoms with E-state index in [9.17, 15) is 33.6 Å². The number of nitrogens with two attached hydrogens (primary N) is 4. The van der Waals surface area contributed by atoms with Crippen LogP contribution in [0.1, 0.15) is 69.4 Å². The van der Waals surface area contributed by atoms with Crippen molar-refractivity contribution in [2.45, 2.75) is 107 Å². The van der Waals surface area contributed by atoms with E-state index in [1.54, 1.807) is 6.20 Å². The van der Waals surface area contributed by atoms with Gasteiger partial charge in [-0.15, -0.1) is 0 Å². The number of guanidine groups is 2. The van der Waals surface area contributed by atoms with Gasteiger partial charge in [-0.2, -0.15) is 0 Å². The summed E-state index contributed by atoms with van der Waals surface area (Å²) in [7, 11) is 0. The van der Waals surface area contributed by atoms with Gasteiger partial charge in [0.05, 0.1) is 0 Å². The Morgan fingerprint density at radius 2 is 1.38 bits per heavy atom. The third-order valence-electron chi connectivity index (χ3n) is 11.3. The first-order chi connectivity index (χ1) is 31.2.